The summed E-state index contributed by atoms with van der Waals surface area (Å²) in [7, 11) is 4.39. The lowest BCUT2D eigenvalue weighted by Gasteiger charge is -2.38. The van der Waals surface area contributed by atoms with Crippen LogP contribution in [0.15, 0.2) is 18.2 Å². The number of hydrogen-bond acceptors (Lipinski definition) is 3. The molecule has 1 unspecified atom stereocenters. The predicted octanol–water partition coefficient (Wildman–Crippen LogP) is 2.58. The summed E-state index contributed by atoms with van der Waals surface area (Å²) in [6.07, 6.45) is 5.11. The molecule has 2 heterocycles. The van der Waals surface area contributed by atoms with Crippen molar-refractivity contribution in [1.29, 1.82) is 0 Å². The molecule has 1 atom stereocenters. The summed E-state index contributed by atoms with van der Waals surface area (Å²) in [5, 5.41) is 3.54. The van der Waals surface area contributed by atoms with E-state index in [9.17, 15) is 0 Å². The van der Waals surface area contributed by atoms with E-state index in [4.69, 9.17) is 0 Å². The topological polar surface area (TPSA) is 18.5 Å². The Morgan fingerprint density at radius 2 is 2.16 bits per heavy atom. The van der Waals surface area contributed by atoms with Crippen molar-refractivity contribution >= 4 is 11.4 Å². The largest absolute Gasteiger partial charge is 0.385 e. The Bertz CT molecular complexity index is 442. The summed E-state index contributed by atoms with van der Waals surface area (Å²) in [4.78, 5) is 4.91. The van der Waals surface area contributed by atoms with E-state index in [1.165, 1.54) is 49.2 Å². The molecule has 1 aromatic rings. The van der Waals surface area contributed by atoms with Gasteiger partial charge in [0, 0.05) is 37.1 Å². The summed E-state index contributed by atoms with van der Waals surface area (Å²) >= 11 is 0. The highest BCUT2D eigenvalue weighted by molar-refractivity contribution is 5.63. The molecule has 3 nitrogen and oxygen atoms in total. The van der Waals surface area contributed by atoms with Crippen LogP contribution in [0.1, 0.15) is 24.8 Å². The Morgan fingerprint density at radius 3 is 3.00 bits per heavy atom. The van der Waals surface area contributed by atoms with Crippen molar-refractivity contribution in [3.05, 3.63) is 23.8 Å². The van der Waals surface area contributed by atoms with E-state index in [0.29, 0.717) is 6.04 Å². The number of fused-ring (bicyclic) bond motifs is 1. The Hall–Kier alpha value is -1.22. The first-order valence-electron chi connectivity index (χ1n) is 7.52. The quantitative estimate of drug-likeness (QED) is 0.880. The lowest BCUT2D eigenvalue weighted by atomic mass is 10.0. The van der Waals surface area contributed by atoms with Gasteiger partial charge in [-0.15, -0.1) is 0 Å². The van der Waals surface area contributed by atoms with Gasteiger partial charge in [-0.2, -0.15) is 0 Å². The smallest absolute Gasteiger partial charge is 0.0393 e. The molecule has 2 aliphatic rings. The molecule has 3 heteroatoms. The molecule has 0 aromatic heterocycles. The Balaban J connectivity index is 1.78. The zero-order valence-corrected chi connectivity index (χ0v) is 12.2. The number of anilines is 2. The van der Waals surface area contributed by atoms with E-state index < -0.39 is 0 Å². The van der Waals surface area contributed by atoms with Crippen LogP contribution in [-0.4, -0.2) is 44.7 Å². The molecule has 0 radical (unpaired) electrons. The number of nitrogens with one attached hydrogen (secondary N) is 1. The molecule has 104 valence electrons. The molecule has 0 amide bonds. The average Bonchev–Trinajstić information content (AvgIpc) is 2.47. The van der Waals surface area contributed by atoms with Gasteiger partial charge in [-0.05, 0) is 57.5 Å². The Labute approximate surface area is 116 Å². The van der Waals surface area contributed by atoms with Crippen LogP contribution in [0.4, 0.5) is 11.4 Å². The lowest BCUT2D eigenvalue weighted by molar-refractivity contribution is 0.258. The monoisotopic (exact) mass is 259 g/mol. The van der Waals surface area contributed by atoms with Crippen LogP contribution in [0.3, 0.4) is 0 Å². The molecule has 0 bridgehead atoms. The van der Waals surface area contributed by atoms with Gasteiger partial charge in [0.15, 0.2) is 0 Å². The summed E-state index contributed by atoms with van der Waals surface area (Å²) in [5.74, 6) is 0. The van der Waals surface area contributed by atoms with Crippen molar-refractivity contribution in [3.8, 4) is 0 Å². The molecule has 19 heavy (non-hydrogen) atoms. The Kier molecular flexibility index (Phi) is 3.65. The SMILES string of the molecule is CN(C)C1CCCN(c2ccc3c(c2)NCCC3)C1. The zero-order valence-electron chi connectivity index (χ0n) is 12.2. The van der Waals surface area contributed by atoms with Crippen molar-refractivity contribution in [2.24, 2.45) is 0 Å². The van der Waals surface area contributed by atoms with Gasteiger partial charge in [-0.3, -0.25) is 0 Å². The third-order valence-electron chi connectivity index (χ3n) is 4.52. The number of aryl methyl sites for hydroxylation is 1. The van der Waals surface area contributed by atoms with E-state index in [2.05, 4.69) is 47.4 Å². The summed E-state index contributed by atoms with van der Waals surface area (Å²) in [5.41, 5.74) is 4.23. The van der Waals surface area contributed by atoms with E-state index in [0.717, 1.165) is 13.1 Å². The minimum absolute atomic E-state index is 0.692. The van der Waals surface area contributed by atoms with E-state index in [1.54, 1.807) is 0 Å². The molecule has 0 spiro atoms. The molecule has 1 aromatic carbocycles. The van der Waals surface area contributed by atoms with Crippen molar-refractivity contribution in [3.63, 3.8) is 0 Å². The van der Waals surface area contributed by atoms with Gasteiger partial charge in [-0.25, -0.2) is 0 Å². The molecule has 1 saturated heterocycles. The number of nitrogens with zero attached hydrogens (tertiary/aromatic N) is 2. The summed E-state index contributed by atoms with van der Waals surface area (Å²) in [6, 6.07) is 7.67. The highest BCUT2D eigenvalue weighted by Crippen LogP contribution is 2.29. The normalized spacial score (nSPS) is 23.1. The molecule has 1 N–H and O–H groups in total. The second-order valence-electron chi connectivity index (χ2n) is 6.08. The molecular weight excluding hydrogens is 234 g/mol. The van der Waals surface area contributed by atoms with Crippen LogP contribution in [0.25, 0.3) is 0 Å². The molecule has 0 saturated carbocycles. The second kappa shape index (κ2) is 5.41. The van der Waals surface area contributed by atoms with Crippen LogP contribution in [0.5, 0.6) is 0 Å². The highest BCUT2D eigenvalue weighted by Gasteiger charge is 2.22. The number of likely N-dealkylation sites (N-methyl/N-ethyl adjacent to an activating group) is 1. The van der Waals surface area contributed by atoms with Crippen LogP contribution < -0.4 is 10.2 Å². The first-order chi connectivity index (χ1) is 9.24. The number of rotatable bonds is 2. The molecular formula is C16H25N3. The fourth-order valence-electron chi connectivity index (χ4n) is 3.26. The van der Waals surface area contributed by atoms with Crippen molar-refractivity contribution in [1.82, 2.24) is 4.90 Å². The summed E-state index contributed by atoms with van der Waals surface area (Å²) < 4.78 is 0. The van der Waals surface area contributed by atoms with Gasteiger partial charge in [0.2, 0.25) is 0 Å². The highest BCUT2D eigenvalue weighted by atomic mass is 15.2. The molecule has 3 rings (SSSR count). The number of benzene rings is 1. The standard InChI is InChI=1S/C16H25N3/c1-18(2)15-6-4-10-19(12-15)14-8-7-13-5-3-9-17-16(13)11-14/h7-8,11,15,17H,3-6,9-10,12H2,1-2H3. The van der Waals surface area contributed by atoms with Crippen molar-refractivity contribution < 1.29 is 0 Å². The third kappa shape index (κ3) is 2.71. The lowest BCUT2D eigenvalue weighted by Crippen LogP contribution is -2.45. The van der Waals surface area contributed by atoms with Gasteiger partial charge in [0.25, 0.3) is 0 Å². The predicted molar refractivity (Wildman–Crippen MR) is 82.2 cm³/mol. The fraction of sp³-hybridized carbons (Fsp3) is 0.625. The second-order valence-corrected chi connectivity index (χ2v) is 6.08. The minimum atomic E-state index is 0.692. The number of hydrogen-bond donors (Lipinski definition) is 1. The number of piperidine rings is 1. The van der Waals surface area contributed by atoms with Crippen LogP contribution in [0, 0.1) is 0 Å². The maximum atomic E-state index is 3.54. The maximum Gasteiger partial charge on any atom is 0.0393 e. The minimum Gasteiger partial charge on any atom is -0.385 e. The van der Waals surface area contributed by atoms with E-state index in [-0.39, 0.29) is 0 Å². The molecule has 0 aliphatic carbocycles. The van der Waals surface area contributed by atoms with Crippen molar-refractivity contribution in [2.75, 3.05) is 43.9 Å². The average molecular weight is 259 g/mol. The van der Waals surface area contributed by atoms with Crippen molar-refractivity contribution in [2.45, 2.75) is 31.7 Å². The van der Waals surface area contributed by atoms with Gasteiger partial charge in [-0.1, -0.05) is 6.07 Å². The third-order valence-corrected chi connectivity index (χ3v) is 4.52. The van der Waals surface area contributed by atoms with E-state index in [1.807, 2.05) is 0 Å². The first kappa shape index (κ1) is 12.8. The zero-order chi connectivity index (χ0) is 13.2. The summed E-state index contributed by atoms with van der Waals surface area (Å²) in [6.45, 7) is 3.48. The van der Waals surface area contributed by atoms with Crippen LogP contribution >= 0.6 is 0 Å². The fourth-order valence-corrected chi connectivity index (χ4v) is 3.26. The molecule has 1 fully saturated rings. The first-order valence-corrected chi connectivity index (χ1v) is 7.52. The van der Waals surface area contributed by atoms with Gasteiger partial charge in [0.1, 0.15) is 0 Å². The van der Waals surface area contributed by atoms with Crippen LogP contribution in [-0.2, 0) is 6.42 Å². The van der Waals surface area contributed by atoms with Gasteiger partial charge < -0.3 is 15.1 Å². The Morgan fingerprint density at radius 1 is 1.26 bits per heavy atom. The van der Waals surface area contributed by atoms with Crippen LogP contribution in [0.2, 0.25) is 0 Å². The maximum absolute atomic E-state index is 3.54. The van der Waals surface area contributed by atoms with Gasteiger partial charge >= 0.3 is 0 Å². The van der Waals surface area contributed by atoms with E-state index >= 15 is 0 Å². The molecule has 2 aliphatic heterocycles. The van der Waals surface area contributed by atoms with Gasteiger partial charge in [0.05, 0.1) is 0 Å².